The zero-order valence-corrected chi connectivity index (χ0v) is 18.5. The Morgan fingerprint density at radius 3 is 2.71 bits per heavy atom. The molecule has 0 radical (unpaired) electrons. The largest absolute Gasteiger partial charge is 0.370 e. The topological polar surface area (TPSA) is 88.4 Å². The van der Waals surface area contributed by atoms with Gasteiger partial charge in [-0.2, -0.15) is 9.61 Å². The Morgan fingerprint density at radius 2 is 1.96 bits per heavy atom. The standard InChI is InChI=1S/C18H21BrClN5O2S/c1-2-28(26,27)23-10-6-5-9-21-17-11-16(13-7-3-4-8-15(13)20)24-18-14(19)12-22-25(17)18/h3-4,7-8,11-12,21,23H,2,5-6,9-10H2,1H3. The molecule has 2 aromatic heterocycles. The van der Waals surface area contributed by atoms with Crippen molar-refractivity contribution < 1.29 is 8.42 Å². The summed E-state index contributed by atoms with van der Waals surface area (Å²) in [4.78, 5) is 4.67. The van der Waals surface area contributed by atoms with Crippen molar-refractivity contribution in [3.8, 4) is 11.3 Å². The second kappa shape index (κ2) is 9.21. The molecule has 28 heavy (non-hydrogen) atoms. The van der Waals surface area contributed by atoms with Crippen LogP contribution in [-0.2, 0) is 10.0 Å². The molecule has 0 amide bonds. The highest BCUT2D eigenvalue weighted by atomic mass is 79.9. The number of hydrogen-bond donors (Lipinski definition) is 2. The lowest BCUT2D eigenvalue weighted by Gasteiger charge is -2.12. The highest BCUT2D eigenvalue weighted by Gasteiger charge is 2.13. The zero-order chi connectivity index (χ0) is 20.1. The van der Waals surface area contributed by atoms with Crippen molar-refractivity contribution in [3.05, 3.63) is 46.0 Å². The average molecular weight is 487 g/mol. The summed E-state index contributed by atoms with van der Waals surface area (Å²) in [5.74, 6) is 0.888. The predicted octanol–water partition coefficient (Wildman–Crippen LogP) is 3.94. The lowest BCUT2D eigenvalue weighted by Crippen LogP contribution is -2.26. The van der Waals surface area contributed by atoms with Crippen LogP contribution in [0.5, 0.6) is 0 Å². The number of fused-ring (bicyclic) bond motifs is 1. The summed E-state index contributed by atoms with van der Waals surface area (Å²) in [5.41, 5.74) is 2.28. The fourth-order valence-electron chi connectivity index (χ4n) is 2.67. The van der Waals surface area contributed by atoms with Crippen molar-refractivity contribution in [2.45, 2.75) is 19.8 Å². The molecule has 0 fully saturated rings. The van der Waals surface area contributed by atoms with Crippen LogP contribution in [-0.4, -0.2) is 41.9 Å². The summed E-state index contributed by atoms with van der Waals surface area (Å²) in [5, 5.41) is 8.34. The molecular weight excluding hydrogens is 466 g/mol. The van der Waals surface area contributed by atoms with Crippen LogP contribution in [0, 0.1) is 0 Å². The smallest absolute Gasteiger partial charge is 0.211 e. The van der Waals surface area contributed by atoms with E-state index in [9.17, 15) is 8.42 Å². The second-order valence-electron chi connectivity index (χ2n) is 6.17. The predicted molar refractivity (Wildman–Crippen MR) is 116 cm³/mol. The first-order valence-electron chi connectivity index (χ1n) is 8.91. The second-order valence-corrected chi connectivity index (χ2v) is 9.52. The molecule has 0 saturated carbocycles. The lowest BCUT2D eigenvalue weighted by atomic mass is 10.1. The van der Waals surface area contributed by atoms with Crippen molar-refractivity contribution in [3.63, 3.8) is 0 Å². The van der Waals surface area contributed by atoms with E-state index in [4.69, 9.17) is 11.6 Å². The highest BCUT2D eigenvalue weighted by molar-refractivity contribution is 9.10. The van der Waals surface area contributed by atoms with E-state index in [0.717, 1.165) is 34.4 Å². The van der Waals surface area contributed by atoms with Gasteiger partial charge in [-0.3, -0.25) is 0 Å². The summed E-state index contributed by atoms with van der Waals surface area (Å²) in [7, 11) is -3.14. The van der Waals surface area contributed by atoms with Gasteiger partial charge in [0.2, 0.25) is 10.0 Å². The Kier molecular flexibility index (Phi) is 6.92. The molecule has 3 aromatic rings. The molecule has 3 rings (SSSR count). The number of aromatic nitrogens is 3. The molecular formula is C18H21BrClN5O2S. The molecule has 0 atom stereocenters. The van der Waals surface area contributed by atoms with Gasteiger partial charge in [-0.1, -0.05) is 29.8 Å². The number of anilines is 1. The number of hydrogen-bond acceptors (Lipinski definition) is 5. The first-order valence-corrected chi connectivity index (χ1v) is 11.7. The van der Waals surface area contributed by atoms with Crippen molar-refractivity contribution >= 4 is 49.0 Å². The maximum Gasteiger partial charge on any atom is 0.211 e. The summed E-state index contributed by atoms with van der Waals surface area (Å²) in [6.07, 6.45) is 3.24. The van der Waals surface area contributed by atoms with Gasteiger partial charge in [-0.25, -0.2) is 18.1 Å². The Labute approximate surface area is 177 Å². The van der Waals surface area contributed by atoms with Crippen molar-refractivity contribution in [1.29, 1.82) is 0 Å². The third-order valence-corrected chi connectivity index (χ3v) is 6.48. The zero-order valence-electron chi connectivity index (χ0n) is 15.3. The first-order chi connectivity index (χ1) is 13.4. The number of rotatable bonds is 9. The molecule has 150 valence electrons. The van der Waals surface area contributed by atoms with Gasteiger partial charge < -0.3 is 5.32 Å². The van der Waals surface area contributed by atoms with E-state index < -0.39 is 10.0 Å². The SMILES string of the molecule is CCS(=O)(=O)NCCCCNc1cc(-c2ccccc2Cl)nc2c(Br)cnn12. The van der Waals surface area contributed by atoms with Gasteiger partial charge in [0.05, 0.1) is 22.1 Å². The molecule has 2 N–H and O–H groups in total. The van der Waals surface area contributed by atoms with Gasteiger partial charge >= 0.3 is 0 Å². The van der Waals surface area contributed by atoms with Gasteiger partial charge in [-0.15, -0.1) is 0 Å². The molecule has 0 aliphatic heterocycles. The lowest BCUT2D eigenvalue weighted by molar-refractivity contribution is 0.579. The molecule has 1 aromatic carbocycles. The van der Waals surface area contributed by atoms with Crippen LogP contribution in [0.2, 0.25) is 5.02 Å². The van der Waals surface area contributed by atoms with E-state index in [1.807, 2.05) is 30.3 Å². The van der Waals surface area contributed by atoms with Crippen LogP contribution in [0.15, 0.2) is 41.0 Å². The number of sulfonamides is 1. The molecule has 0 saturated heterocycles. The van der Waals surface area contributed by atoms with Crippen molar-refractivity contribution in [2.24, 2.45) is 0 Å². The third-order valence-electron chi connectivity index (χ3n) is 4.19. The van der Waals surface area contributed by atoms with Gasteiger partial charge in [0, 0.05) is 29.7 Å². The number of nitrogens with one attached hydrogen (secondary N) is 2. The minimum Gasteiger partial charge on any atom is -0.370 e. The maximum atomic E-state index is 11.4. The number of halogens is 2. The van der Waals surface area contributed by atoms with Crippen molar-refractivity contribution in [1.82, 2.24) is 19.3 Å². The normalized spacial score (nSPS) is 11.8. The van der Waals surface area contributed by atoms with Gasteiger partial charge in [-0.05, 0) is 41.8 Å². The number of benzene rings is 1. The monoisotopic (exact) mass is 485 g/mol. The maximum absolute atomic E-state index is 11.4. The van der Waals surface area contributed by atoms with Gasteiger partial charge in [0.1, 0.15) is 5.82 Å². The molecule has 0 unspecified atom stereocenters. The number of unbranched alkanes of at least 4 members (excludes halogenated alkanes) is 1. The summed E-state index contributed by atoms with van der Waals surface area (Å²) in [6, 6.07) is 9.47. The Hall–Kier alpha value is -1.68. The van der Waals surface area contributed by atoms with E-state index in [-0.39, 0.29) is 5.75 Å². The summed E-state index contributed by atoms with van der Waals surface area (Å²) >= 11 is 9.82. The van der Waals surface area contributed by atoms with E-state index in [1.165, 1.54) is 0 Å². The van der Waals surface area contributed by atoms with Crippen LogP contribution < -0.4 is 10.0 Å². The number of nitrogens with zero attached hydrogens (tertiary/aromatic N) is 3. The van der Waals surface area contributed by atoms with Gasteiger partial charge in [0.15, 0.2) is 5.65 Å². The minimum atomic E-state index is -3.14. The molecule has 2 heterocycles. The van der Waals surface area contributed by atoms with Crippen molar-refractivity contribution in [2.75, 3.05) is 24.2 Å². The van der Waals surface area contributed by atoms with Crippen LogP contribution in [0.3, 0.4) is 0 Å². The molecule has 0 aliphatic rings. The fraction of sp³-hybridized carbons (Fsp3) is 0.333. The Morgan fingerprint density at radius 1 is 1.21 bits per heavy atom. The van der Waals surface area contributed by atoms with E-state index >= 15 is 0 Å². The van der Waals surface area contributed by atoms with Crippen LogP contribution in [0.25, 0.3) is 16.9 Å². The van der Waals surface area contributed by atoms with Crippen LogP contribution in [0.1, 0.15) is 19.8 Å². The molecule has 7 nitrogen and oxygen atoms in total. The van der Waals surface area contributed by atoms with E-state index in [1.54, 1.807) is 17.6 Å². The first kappa shape index (κ1) is 21.0. The molecule has 10 heteroatoms. The minimum absolute atomic E-state index is 0.0965. The molecule has 0 bridgehead atoms. The van der Waals surface area contributed by atoms with E-state index in [0.29, 0.717) is 23.8 Å². The Balaban J connectivity index is 1.73. The molecule has 0 aliphatic carbocycles. The average Bonchev–Trinajstić information content (AvgIpc) is 3.06. The fourth-order valence-corrected chi connectivity index (χ4v) is 3.91. The Bertz CT molecular complexity index is 1070. The van der Waals surface area contributed by atoms with Crippen LogP contribution >= 0.6 is 27.5 Å². The van der Waals surface area contributed by atoms with E-state index in [2.05, 4.69) is 36.1 Å². The quantitative estimate of drug-likeness (QED) is 0.447. The van der Waals surface area contributed by atoms with Crippen LogP contribution in [0.4, 0.5) is 5.82 Å². The summed E-state index contributed by atoms with van der Waals surface area (Å²) in [6.45, 7) is 2.73. The molecule has 0 spiro atoms. The van der Waals surface area contributed by atoms with Gasteiger partial charge in [0.25, 0.3) is 0 Å². The summed E-state index contributed by atoms with van der Waals surface area (Å²) < 4.78 is 28.0. The third kappa shape index (κ3) is 5.02. The highest BCUT2D eigenvalue weighted by Crippen LogP contribution is 2.30.